The van der Waals surface area contributed by atoms with Gasteiger partial charge >= 0.3 is 0 Å². The van der Waals surface area contributed by atoms with Gasteiger partial charge in [0.15, 0.2) is 0 Å². The Balaban J connectivity index is 2.00. The van der Waals surface area contributed by atoms with Crippen molar-refractivity contribution < 1.29 is 0 Å². The molecule has 4 N–H and O–H groups in total. The standard InChI is InChI=1S/C19H26N2/c1-14(2)5-3-4-6-15-7-9-16(10-8-15)18-13-17(20)11-12-19(18)21/h7-14H,3-6,20-21H2,1-2H3. The molecule has 0 radical (unpaired) electrons. The molecule has 2 nitrogen and oxygen atoms in total. The molecule has 0 saturated carbocycles. The van der Waals surface area contributed by atoms with E-state index >= 15 is 0 Å². The Bertz CT molecular complexity index is 571. The van der Waals surface area contributed by atoms with Crippen molar-refractivity contribution in [3.05, 3.63) is 48.0 Å². The van der Waals surface area contributed by atoms with Crippen molar-refractivity contribution in [3.8, 4) is 11.1 Å². The lowest BCUT2D eigenvalue weighted by Crippen LogP contribution is -1.93. The van der Waals surface area contributed by atoms with Crippen LogP contribution in [0.1, 0.15) is 38.7 Å². The Morgan fingerprint density at radius 2 is 1.62 bits per heavy atom. The van der Waals surface area contributed by atoms with E-state index < -0.39 is 0 Å². The summed E-state index contributed by atoms with van der Waals surface area (Å²) in [6, 6.07) is 14.3. The lowest BCUT2D eigenvalue weighted by Gasteiger charge is -2.09. The molecule has 0 aliphatic carbocycles. The lowest BCUT2D eigenvalue weighted by atomic mass is 9.99. The molecule has 0 amide bonds. The zero-order valence-corrected chi connectivity index (χ0v) is 13.1. The van der Waals surface area contributed by atoms with Gasteiger partial charge in [-0.2, -0.15) is 0 Å². The predicted molar refractivity (Wildman–Crippen MR) is 93.1 cm³/mol. The summed E-state index contributed by atoms with van der Waals surface area (Å²) in [5.41, 5.74) is 16.9. The van der Waals surface area contributed by atoms with Crippen LogP contribution < -0.4 is 11.5 Å². The van der Waals surface area contributed by atoms with Gasteiger partial charge in [-0.3, -0.25) is 0 Å². The van der Waals surface area contributed by atoms with Crippen molar-refractivity contribution in [2.75, 3.05) is 11.5 Å². The van der Waals surface area contributed by atoms with E-state index in [4.69, 9.17) is 11.5 Å². The van der Waals surface area contributed by atoms with Gasteiger partial charge in [0, 0.05) is 16.9 Å². The van der Waals surface area contributed by atoms with Crippen molar-refractivity contribution in [1.82, 2.24) is 0 Å². The van der Waals surface area contributed by atoms with Crippen LogP contribution in [0.15, 0.2) is 42.5 Å². The van der Waals surface area contributed by atoms with Gasteiger partial charge in [-0.05, 0) is 48.1 Å². The van der Waals surface area contributed by atoms with Crippen molar-refractivity contribution in [2.24, 2.45) is 5.92 Å². The van der Waals surface area contributed by atoms with E-state index in [1.54, 1.807) is 0 Å². The molecule has 2 aromatic carbocycles. The van der Waals surface area contributed by atoms with Gasteiger partial charge in [-0.1, -0.05) is 51.0 Å². The van der Waals surface area contributed by atoms with Gasteiger partial charge in [-0.15, -0.1) is 0 Å². The zero-order chi connectivity index (χ0) is 15.2. The SMILES string of the molecule is CC(C)CCCCc1ccc(-c2cc(N)ccc2N)cc1. The minimum absolute atomic E-state index is 0.747. The number of rotatable bonds is 6. The average molecular weight is 282 g/mol. The first kappa shape index (κ1) is 15.4. The molecule has 0 fully saturated rings. The molecule has 0 atom stereocenters. The quantitative estimate of drug-likeness (QED) is 0.585. The van der Waals surface area contributed by atoms with Crippen LogP contribution in [-0.4, -0.2) is 0 Å². The van der Waals surface area contributed by atoms with E-state index in [1.807, 2.05) is 18.2 Å². The third-order valence-electron chi connectivity index (χ3n) is 3.84. The number of hydrogen-bond acceptors (Lipinski definition) is 2. The minimum atomic E-state index is 0.747. The largest absolute Gasteiger partial charge is 0.399 e. The fourth-order valence-electron chi connectivity index (χ4n) is 2.56. The normalized spacial score (nSPS) is 11.0. The maximum atomic E-state index is 6.03. The molecule has 112 valence electrons. The first-order chi connectivity index (χ1) is 10.1. The number of benzene rings is 2. The number of unbranched alkanes of at least 4 members (excludes halogenated alkanes) is 1. The summed E-state index contributed by atoms with van der Waals surface area (Å²) in [7, 11) is 0. The number of anilines is 2. The second-order valence-electron chi connectivity index (χ2n) is 6.18. The molecule has 0 unspecified atom stereocenters. The summed E-state index contributed by atoms with van der Waals surface area (Å²) in [4.78, 5) is 0. The van der Waals surface area contributed by atoms with Gasteiger partial charge in [0.2, 0.25) is 0 Å². The topological polar surface area (TPSA) is 52.0 Å². The molecule has 0 spiro atoms. The summed E-state index contributed by atoms with van der Waals surface area (Å²) in [6.45, 7) is 4.57. The summed E-state index contributed by atoms with van der Waals surface area (Å²) < 4.78 is 0. The van der Waals surface area contributed by atoms with Gasteiger partial charge in [0.25, 0.3) is 0 Å². The van der Waals surface area contributed by atoms with Crippen LogP contribution in [-0.2, 0) is 6.42 Å². The zero-order valence-electron chi connectivity index (χ0n) is 13.1. The van der Waals surface area contributed by atoms with Crippen LogP contribution in [0.2, 0.25) is 0 Å². The molecular formula is C19H26N2. The Hall–Kier alpha value is -1.96. The Morgan fingerprint density at radius 3 is 2.29 bits per heavy atom. The van der Waals surface area contributed by atoms with Crippen LogP contribution in [0.3, 0.4) is 0 Å². The van der Waals surface area contributed by atoms with E-state index in [9.17, 15) is 0 Å². The molecule has 0 heterocycles. The highest BCUT2D eigenvalue weighted by molar-refractivity contribution is 5.79. The number of nitrogens with two attached hydrogens (primary N) is 2. The van der Waals surface area contributed by atoms with Gasteiger partial charge in [0.1, 0.15) is 0 Å². The Morgan fingerprint density at radius 1 is 0.905 bits per heavy atom. The second kappa shape index (κ2) is 7.16. The number of hydrogen-bond donors (Lipinski definition) is 2. The summed E-state index contributed by atoms with van der Waals surface area (Å²) in [6.07, 6.45) is 5.04. The van der Waals surface area contributed by atoms with E-state index in [0.29, 0.717) is 0 Å². The third kappa shape index (κ3) is 4.52. The molecule has 2 heteroatoms. The lowest BCUT2D eigenvalue weighted by molar-refractivity contribution is 0.538. The van der Waals surface area contributed by atoms with Gasteiger partial charge < -0.3 is 11.5 Å². The summed E-state index contributed by atoms with van der Waals surface area (Å²) in [5.74, 6) is 0.805. The minimum Gasteiger partial charge on any atom is -0.399 e. The van der Waals surface area contributed by atoms with Crippen molar-refractivity contribution in [1.29, 1.82) is 0 Å². The molecular weight excluding hydrogens is 256 g/mol. The van der Waals surface area contributed by atoms with E-state index in [0.717, 1.165) is 34.8 Å². The number of nitrogen functional groups attached to an aromatic ring is 2. The smallest absolute Gasteiger partial charge is 0.0395 e. The number of aryl methyl sites for hydroxylation is 1. The Kier molecular flexibility index (Phi) is 5.26. The van der Waals surface area contributed by atoms with Gasteiger partial charge in [-0.25, -0.2) is 0 Å². The first-order valence-corrected chi connectivity index (χ1v) is 7.80. The van der Waals surface area contributed by atoms with E-state index in [1.165, 1.54) is 24.8 Å². The fraction of sp³-hybridized carbons (Fsp3) is 0.368. The third-order valence-corrected chi connectivity index (χ3v) is 3.84. The molecule has 0 bridgehead atoms. The highest BCUT2D eigenvalue weighted by Crippen LogP contribution is 2.28. The molecule has 21 heavy (non-hydrogen) atoms. The second-order valence-corrected chi connectivity index (χ2v) is 6.18. The van der Waals surface area contributed by atoms with Crippen molar-refractivity contribution in [2.45, 2.75) is 39.5 Å². The molecule has 0 aromatic heterocycles. The van der Waals surface area contributed by atoms with Crippen LogP contribution >= 0.6 is 0 Å². The molecule has 0 saturated heterocycles. The van der Waals surface area contributed by atoms with Crippen LogP contribution in [0.25, 0.3) is 11.1 Å². The fourth-order valence-corrected chi connectivity index (χ4v) is 2.56. The predicted octanol–water partition coefficient (Wildman–Crippen LogP) is 4.89. The molecule has 0 aliphatic heterocycles. The van der Waals surface area contributed by atoms with E-state index in [2.05, 4.69) is 38.1 Å². The van der Waals surface area contributed by atoms with Crippen molar-refractivity contribution in [3.63, 3.8) is 0 Å². The summed E-state index contributed by atoms with van der Waals surface area (Å²) >= 11 is 0. The first-order valence-electron chi connectivity index (χ1n) is 7.80. The molecule has 2 aromatic rings. The van der Waals surface area contributed by atoms with Crippen molar-refractivity contribution >= 4 is 11.4 Å². The van der Waals surface area contributed by atoms with Crippen LogP contribution in [0, 0.1) is 5.92 Å². The van der Waals surface area contributed by atoms with Crippen LogP contribution in [0.4, 0.5) is 11.4 Å². The highest BCUT2D eigenvalue weighted by atomic mass is 14.6. The maximum Gasteiger partial charge on any atom is 0.0395 e. The maximum absolute atomic E-state index is 6.03. The van der Waals surface area contributed by atoms with E-state index in [-0.39, 0.29) is 0 Å². The molecule has 0 aliphatic rings. The highest BCUT2D eigenvalue weighted by Gasteiger charge is 2.03. The summed E-state index contributed by atoms with van der Waals surface area (Å²) in [5, 5.41) is 0. The average Bonchev–Trinajstić information content (AvgIpc) is 2.47. The monoisotopic (exact) mass is 282 g/mol. The Labute approximate surface area is 128 Å². The van der Waals surface area contributed by atoms with Gasteiger partial charge in [0.05, 0.1) is 0 Å². The molecule has 2 rings (SSSR count). The van der Waals surface area contributed by atoms with Crippen LogP contribution in [0.5, 0.6) is 0 Å².